The van der Waals surface area contributed by atoms with E-state index in [1.165, 1.54) is 18.6 Å². The summed E-state index contributed by atoms with van der Waals surface area (Å²) in [6.07, 6.45) is 5.84. The van der Waals surface area contributed by atoms with E-state index in [4.69, 9.17) is 0 Å². The molecule has 2 fully saturated rings. The Balaban J connectivity index is 2.03. The molecule has 0 bridgehead atoms. The number of rotatable bonds is 5. The van der Waals surface area contributed by atoms with Gasteiger partial charge in [0.1, 0.15) is 0 Å². The number of hydrogen-bond acceptors (Lipinski definition) is 3. The minimum Gasteiger partial charge on any atom is -0.324 e. The molecule has 0 radical (unpaired) electrons. The van der Waals surface area contributed by atoms with E-state index in [2.05, 4.69) is 31.0 Å². The van der Waals surface area contributed by atoms with Crippen LogP contribution in [0.15, 0.2) is 0 Å². The van der Waals surface area contributed by atoms with Gasteiger partial charge in [0.25, 0.3) is 0 Å². The van der Waals surface area contributed by atoms with Crippen LogP contribution in [-0.2, 0) is 4.79 Å². The predicted octanol–water partition coefficient (Wildman–Crippen LogP) is 2.61. The maximum Gasteiger partial charge on any atom is 0.241 e. The van der Waals surface area contributed by atoms with Crippen molar-refractivity contribution in [1.82, 2.24) is 10.2 Å². The maximum atomic E-state index is 12.4. The molecule has 2 heterocycles. The molecule has 4 heteroatoms. The molecule has 3 nitrogen and oxygen atoms in total. The molecule has 1 amide bonds. The molecular formula is C14H26N2OS. The van der Waals surface area contributed by atoms with Crippen LogP contribution in [0.4, 0.5) is 0 Å². The van der Waals surface area contributed by atoms with Crippen molar-refractivity contribution in [2.75, 3.05) is 12.3 Å². The number of amides is 1. The summed E-state index contributed by atoms with van der Waals surface area (Å²) in [5.74, 6) is 1.58. The number of nitrogens with one attached hydrogen (secondary N) is 1. The second kappa shape index (κ2) is 5.83. The van der Waals surface area contributed by atoms with Gasteiger partial charge >= 0.3 is 0 Å². The summed E-state index contributed by atoms with van der Waals surface area (Å²) in [5, 5.41) is 3.50. The highest BCUT2D eigenvalue weighted by Gasteiger charge is 2.42. The summed E-state index contributed by atoms with van der Waals surface area (Å²) in [4.78, 5) is 14.6. The molecule has 1 N–H and O–H groups in total. The van der Waals surface area contributed by atoms with Gasteiger partial charge in [-0.25, -0.2) is 0 Å². The van der Waals surface area contributed by atoms with Crippen LogP contribution >= 0.6 is 11.8 Å². The first-order valence-corrected chi connectivity index (χ1v) is 8.28. The third-order valence-corrected chi connectivity index (χ3v) is 5.64. The molecule has 3 unspecified atom stereocenters. The van der Waals surface area contributed by atoms with Crippen molar-refractivity contribution >= 4 is 17.7 Å². The van der Waals surface area contributed by atoms with E-state index in [9.17, 15) is 4.79 Å². The molecule has 0 aliphatic carbocycles. The molecule has 0 aromatic rings. The summed E-state index contributed by atoms with van der Waals surface area (Å²) in [5.41, 5.74) is 0. The molecule has 0 aromatic carbocycles. The summed E-state index contributed by atoms with van der Waals surface area (Å²) in [7, 11) is 0. The van der Waals surface area contributed by atoms with Gasteiger partial charge in [-0.3, -0.25) is 10.1 Å². The molecule has 18 heavy (non-hydrogen) atoms. The van der Waals surface area contributed by atoms with E-state index >= 15 is 0 Å². The number of thioether (sulfide) groups is 1. The zero-order valence-corrected chi connectivity index (χ0v) is 12.7. The highest BCUT2D eigenvalue weighted by molar-refractivity contribution is 8.00. The topological polar surface area (TPSA) is 32.3 Å². The average molecular weight is 270 g/mol. The van der Waals surface area contributed by atoms with Crippen LogP contribution in [0.25, 0.3) is 0 Å². The summed E-state index contributed by atoms with van der Waals surface area (Å²) in [6, 6.07) is 0.0648. The third kappa shape index (κ3) is 2.85. The fraction of sp³-hybridized carbons (Fsp3) is 0.929. The lowest BCUT2D eigenvalue weighted by Crippen LogP contribution is -2.44. The Labute approximate surface area is 115 Å². The first kappa shape index (κ1) is 14.2. The van der Waals surface area contributed by atoms with Gasteiger partial charge in [-0.05, 0) is 38.4 Å². The van der Waals surface area contributed by atoms with Gasteiger partial charge in [0.05, 0.1) is 12.2 Å². The zero-order chi connectivity index (χ0) is 13.2. The quantitative estimate of drug-likeness (QED) is 0.833. The minimum absolute atomic E-state index is 0.0648. The van der Waals surface area contributed by atoms with E-state index in [1.54, 1.807) is 0 Å². The third-order valence-electron chi connectivity index (χ3n) is 4.12. The van der Waals surface area contributed by atoms with Crippen LogP contribution in [0.2, 0.25) is 0 Å². The van der Waals surface area contributed by atoms with E-state index in [1.807, 2.05) is 11.8 Å². The number of nitrogens with zero attached hydrogens (tertiary/aromatic N) is 1. The molecule has 2 aliphatic heterocycles. The number of carbonyl (C=O) groups excluding carboxylic acids is 1. The maximum absolute atomic E-state index is 12.4. The van der Waals surface area contributed by atoms with Gasteiger partial charge in [0.15, 0.2) is 0 Å². The first-order chi connectivity index (χ1) is 8.59. The molecule has 0 saturated carbocycles. The smallest absolute Gasteiger partial charge is 0.241 e. The predicted molar refractivity (Wildman–Crippen MR) is 77.7 cm³/mol. The van der Waals surface area contributed by atoms with Crippen LogP contribution in [-0.4, -0.2) is 40.1 Å². The molecule has 0 spiro atoms. The Kier molecular flexibility index (Phi) is 4.59. The highest BCUT2D eigenvalue weighted by Crippen LogP contribution is 2.39. The highest BCUT2D eigenvalue weighted by atomic mass is 32.2. The molecule has 2 aliphatic rings. The van der Waals surface area contributed by atoms with Crippen LogP contribution < -0.4 is 5.32 Å². The molecule has 2 rings (SSSR count). The largest absolute Gasteiger partial charge is 0.324 e. The minimum atomic E-state index is 0.0648. The monoisotopic (exact) mass is 270 g/mol. The van der Waals surface area contributed by atoms with Gasteiger partial charge in [0, 0.05) is 11.3 Å². The van der Waals surface area contributed by atoms with Crippen LogP contribution in [0, 0.1) is 0 Å². The van der Waals surface area contributed by atoms with E-state index in [0.29, 0.717) is 5.91 Å². The SMILES string of the molecule is CCCC1NC(CC)N(CC2(C)CCCS2)C1=O. The van der Waals surface area contributed by atoms with Gasteiger partial charge in [-0.15, -0.1) is 0 Å². The molecule has 3 atom stereocenters. The molecule has 104 valence electrons. The van der Waals surface area contributed by atoms with E-state index < -0.39 is 0 Å². The zero-order valence-electron chi connectivity index (χ0n) is 11.9. The lowest BCUT2D eigenvalue weighted by molar-refractivity contribution is -0.130. The van der Waals surface area contributed by atoms with Crippen molar-refractivity contribution in [3.8, 4) is 0 Å². The summed E-state index contributed by atoms with van der Waals surface area (Å²) < 4.78 is 0.284. The van der Waals surface area contributed by atoms with Crippen molar-refractivity contribution < 1.29 is 4.79 Å². The van der Waals surface area contributed by atoms with Crippen molar-refractivity contribution in [2.45, 2.75) is 69.8 Å². The Bertz CT molecular complexity index is 302. The Hall–Kier alpha value is -0.220. The van der Waals surface area contributed by atoms with Gasteiger partial charge < -0.3 is 4.90 Å². The lowest BCUT2D eigenvalue weighted by Gasteiger charge is -2.32. The Morgan fingerprint density at radius 2 is 2.28 bits per heavy atom. The average Bonchev–Trinajstić information content (AvgIpc) is 2.89. The first-order valence-electron chi connectivity index (χ1n) is 7.30. The second-order valence-corrected chi connectivity index (χ2v) is 7.48. The fourth-order valence-corrected chi connectivity index (χ4v) is 4.39. The summed E-state index contributed by atoms with van der Waals surface area (Å²) in [6.45, 7) is 7.54. The number of hydrogen-bond donors (Lipinski definition) is 1. The van der Waals surface area contributed by atoms with E-state index in [0.717, 1.165) is 25.8 Å². The molecule has 2 saturated heterocycles. The Morgan fingerprint density at radius 3 is 2.83 bits per heavy atom. The van der Waals surface area contributed by atoms with Gasteiger partial charge in [0.2, 0.25) is 5.91 Å². The van der Waals surface area contributed by atoms with Crippen LogP contribution in [0.1, 0.15) is 52.9 Å². The second-order valence-electron chi connectivity index (χ2n) is 5.80. The van der Waals surface area contributed by atoms with Crippen LogP contribution in [0.5, 0.6) is 0 Å². The van der Waals surface area contributed by atoms with Gasteiger partial charge in [-0.1, -0.05) is 20.3 Å². The van der Waals surface area contributed by atoms with Gasteiger partial charge in [-0.2, -0.15) is 11.8 Å². The van der Waals surface area contributed by atoms with E-state index in [-0.39, 0.29) is 17.0 Å². The molecule has 0 aromatic heterocycles. The van der Waals surface area contributed by atoms with Crippen molar-refractivity contribution in [3.05, 3.63) is 0 Å². The molecular weight excluding hydrogens is 244 g/mol. The van der Waals surface area contributed by atoms with Crippen LogP contribution in [0.3, 0.4) is 0 Å². The van der Waals surface area contributed by atoms with Crippen molar-refractivity contribution in [1.29, 1.82) is 0 Å². The van der Waals surface area contributed by atoms with Crippen molar-refractivity contribution in [2.24, 2.45) is 0 Å². The number of carbonyl (C=O) groups is 1. The fourth-order valence-electron chi connectivity index (χ4n) is 3.09. The Morgan fingerprint density at radius 1 is 1.50 bits per heavy atom. The lowest BCUT2D eigenvalue weighted by atomic mass is 10.0. The summed E-state index contributed by atoms with van der Waals surface area (Å²) >= 11 is 2.04. The standard InChI is InChI=1S/C14H26N2OS/c1-4-7-11-13(17)16(12(5-2)15-11)10-14(3)8-6-9-18-14/h11-12,15H,4-10H2,1-3H3. The normalized spacial score (nSPS) is 36.6. The van der Waals surface area contributed by atoms with Crippen molar-refractivity contribution in [3.63, 3.8) is 0 Å².